The van der Waals surface area contributed by atoms with Crippen molar-refractivity contribution in [3.63, 3.8) is 0 Å². The van der Waals surface area contributed by atoms with Gasteiger partial charge in [0, 0.05) is 6.04 Å². The van der Waals surface area contributed by atoms with Gasteiger partial charge in [-0.05, 0) is 61.5 Å². The van der Waals surface area contributed by atoms with Crippen LogP contribution in [0.5, 0.6) is 5.75 Å². The smallest absolute Gasteiger partial charge is 0.271 e. The van der Waals surface area contributed by atoms with Gasteiger partial charge in [0.1, 0.15) is 12.4 Å². The van der Waals surface area contributed by atoms with Gasteiger partial charge in [-0.15, -0.1) is 0 Å². The average molecular weight is 382 g/mol. The molecule has 0 atom stereocenters. The molecule has 140 valence electrons. The number of anilines is 1. The lowest BCUT2D eigenvalue weighted by Crippen LogP contribution is -2.29. The zero-order valence-electron chi connectivity index (χ0n) is 15.3. The van der Waals surface area contributed by atoms with E-state index in [1.165, 1.54) is 11.8 Å². The molecule has 1 N–H and O–H groups in total. The van der Waals surface area contributed by atoms with Crippen LogP contribution in [0.2, 0.25) is 0 Å². The van der Waals surface area contributed by atoms with E-state index in [2.05, 4.69) is 4.99 Å². The molecule has 1 heterocycles. The number of benzene rings is 2. The molecule has 0 bridgehead atoms. The number of aliphatic hydroxyl groups excluding tert-OH is 1. The lowest BCUT2D eigenvalue weighted by molar-refractivity contribution is -0.113. The first-order chi connectivity index (χ1) is 13.1. The van der Waals surface area contributed by atoms with E-state index in [0.29, 0.717) is 15.8 Å². The van der Waals surface area contributed by atoms with Gasteiger partial charge < -0.3 is 9.84 Å². The molecule has 1 aliphatic rings. The van der Waals surface area contributed by atoms with E-state index >= 15 is 0 Å². The van der Waals surface area contributed by atoms with Crippen LogP contribution in [-0.2, 0) is 4.79 Å². The summed E-state index contributed by atoms with van der Waals surface area (Å²) in [5.41, 5.74) is 1.66. The van der Waals surface area contributed by atoms with Gasteiger partial charge in [-0.3, -0.25) is 14.7 Å². The molecule has 0 unspecified atom stereocenters. The minimum atomic E-state index is -0.0905. The summed E-state index contributed by atoms with van der Waals surface area (Å²) in [5, 5.41) is 9.58. The zero-order chi connectivity index (χ0) is 19.2. The molecule has 0 saturated carbocycles. The van der Waals surface area contributed by atoms with E-state index in [9.17, 15) is 4.79 Å². The van der Waals surface area contributed by atoms with Crippen LogP contribution < -0.4 is 9.64 Å². The largest absolute Gasteiger partial charge is 0.491 e. The van der Waals surface area contributed by atoms with Gasteiger partial charge in [-0.25, -0.2) is 0 Å². The van der Waals surface area contributed by atoms with Crippen LogP contribution in [0.3, 0.4) is 0 Å². The van der Waals surface area contributed by atoms with Gasteiger partial charge in [0.15, 0.2) is 5.17 Å². The highest BCUT2D eigenvalue weighted by Crippen LogP contribution is 2.36. The summed E-state index contributed by atoms with van der Waals surface area (Å²) >= 11 is 1.38. The van der Waals surface area contributed by atoms with E-state index in [1.54, 1.807) is 4.90 Å². The molecule has 2 aromatic rings. The van der Waals surface area contributed by atoms with Crippen molar-refractivity contribution in [2.45, 2.75) is 19.9 Å². The number of hydrogen-bond donors (Lipinski definition) is 1. The number of carbonyl (C=O) groups excluding carboxylic acids is 1. The summed E-state index contributed by atoms with van der Waals surface area (Å²) in [6.07, 6.45) is 1.84. The maximum Gasteiger partial charge on any atom is 0.271 e. The van der Waals surface area contributed by atoms with Crippen LogP contribution in [0.25, 0.3) is 6.08 Å². The van der Waals surface area contributed by atoms with Crippen LogP contribution in [-0.4, -0.2) is 35.4 Å². The van der Waals surface area contributed by atoms with Gasteiger partial charge in [0.05, 0.1) is 17.2 Å². The predicted molar refractivity (Wildman–Crippen MR) is 111 cm³/mol. The Morgan fingerprint density at radius 1 is 1.19 bits per heavy atom. The number of hydrogen-bond acceptors (Lipinski definition) is 5. The number of nitrogens with zero attached hydrogens (tertiary/aromatic N) is 2. The lowest BCUT2D eigenvalue weighted by Gasteiger charge is -2.16. The number of amides is 1. The maximum atomic E-state index is 13.1. The Hall–Kier alpha value is -2.57. The summed E-state index contributed by atoms with van der Waals surface area (Å²) in [5.74, 6) is 0.567. The molecular weight excluding hydrogens is 360 g/mol. The van der Waals surface area contributed by atoms with Crippen LogP contribution in [0, 0.1) is 0 Å². The van der Waals surface area contributed by atoms with Crippen molar-refractivity contribution in [2.24, 2.45) is 4.99 Å². The molecule has 1 saturated heterocycles. The molecule has 2 aromatic carbocycles. The lowest BCUT2D eigenvalue weighted by atomic mass is 10.2. The SMILES string of the molecule is CC(C)N=C1S/C(=C\c2cccc(OCCO)c2)C(=O)N1c1ccccc1. The van der Waals surface area contributed by atoms with Crippen molar-refractivity contribution >= 4 is 34.6 Å². The first-order valence-electron chi connectivity index (χ1n) is 8.79. The summed E-state index contributed by atoms with van der Waals surface area (Å²) in [7, 11) is 0. The van der Waals surface area contributed by atoms with Crippen molar-refractivity contribution in [2.75, 3.05) is 18.1 Å². The predicted octanol–water partition coefficient (Wildman–Crippen LogP) is 3.94. The Balaban J connectivity index is 1.93. The van der Waals surface area contributed by atoms with E-state index in [0.717, 1.165) is 11.3 Å². The molecule has 1 fully saturated rings. The molecule has 27 heavy (non-hydrogen) atoms. The number of aliphatic hydroxyl groups is 1. The van der Waals surface area contributed by atoms with Gasteiger partial charge in [0.25, 0.3) is 5.91 Å². The summed E-state index contributed by atoms with van der Waals surface area (Å²) in [6, 6.07) is 17.1. The second kappa shape index (κ2) is 8.88. The Morgan fingerprint density at radius 3 is 2.67 bits per heavy atom. The standard InChI is InChI=1S/C21H22N2O3S/c1-15(2)22-21-23(17-8-4-3-5-9-17)20(25)19(27-21)14-16-7-6-10-18(13-16)26-12-11-24/h3-10,13-15,24H,11-12H2,1-2H3/b19-14-,22-21?. The number of carbonyl (C=O) groups is 1. The van der Waals surface area contributed by atoms with Crippen LogP contribution >= 0.6 is 11.8 Å². The van der Waals surface area contributed by atoms with Crippen LogP contribution in [0.4, 0.5) is 5.69 Å². The van der Waals surface area contributed by atoms with Crippen molar-refractivity contribution in [3.05, 3.63) is 65.1 Å². The van der Waals surface area contributed by atoms with Gasteiger partial charge in [-0.1, -0.05) is 30.3 Å². The molecule has 6 heteroatoms. The normalized spacial score (nSPS) is 17.3. The van der Waals surface area contributed by atoms with E-state index in [-0.39, 0.29) is 25.2 Å². The molecule has 1 aliphatic heterocycles. The molecule has 0 aromatic heterocycles. The molecular formula is C21H22N2O3S. The average Bonchev–Trinajstić information content (AvgIpc) is 2.95. The zero-order valence-corrected chi connectivity index (χ0v) is 16.1. The Kier molecular flexibility index (Phi) is 6.32. The number of rotatable bonds is 6. The van der Waals surface area contributed by atoms with Gasteiger partial charge in [0.2, 0.25) is 0 Å². The number of ether oxygens (including phenoxy) is 1. The first kappa shape index (κ1) is 19.2. The molecule has 0 radical (unpaired) electrons. The number of thioether (sulfide) groups is 1. The van der Waals surface area contributed by atoms with Crippen molar-refractivity contribution in [1.29, 1.82) is 0 Å². The molecule has 5 nitrogen and oxygen atoms in total. The topological polar surface area (TPSA) is 62.1 Å². The fourth-order valence-electron chi connectivity index (χ4n) is 2.59. The second-order valence-corrected chi connectivity index (χ2v) is 7.25. The number of aliphatic imine (C=N–C) groups is 1. The quantitative estimate of drug-likeness (QED) is 0.769. The fraction of sp³-hybridized carbons (Fsp3) is 0.238. The third-order valence-electron chi connectivity index (χ3n) is 3.71. The third-order valence-corrected chi connectivity index (χ3v) is 4.69. The highest BCUT2D eigenvalue weighted by atomic mass is 32.2. The summed E-state index contributed by atoms with van der Waals surface area (Å²) in [4.78, 5) is 19.9. The minimum absolute atomic E-state index is 0.0410. The molecule has 3 rings (SSSR count). The van der Waals surface area contributed by atoms with E-state index < -0.39 is 0 Å². The Bertz CT molecular complexity index is 863. The number of amidine groups is 1. The van der Waals surface area contributed by atoms with Crippen molar-refractivity contribution in [3.8, 4) is 5.75 Å². The Labute approximate surface area is 163 Å². The highest BCUT2D eigenvalue weighted by molar-refractivity contribution is 8.19. The highest BCUT2D eigenvalue weighted by Gasteiger charge is 2.34. The third kappa shape index (κ3) is 4.78. The van der Waals surface area contributed by atoms with Gasteiger partial charge >= 0.3 is 0 Å². The number of para-hydroxylation sites is 1. The van der Waals surface area contributed by atoms with Crippen LogP contribution in [0.15, 0.2) is 64.5 Å². The molecule has 0 spiro atoms. The monoisotopic (exact) mass is 382 g/mol. The van der Waals surface area contributed by atoms with E-state index in [4.69, 9.17) is 9.84 Å². The summed E-state index contributed by atoms with van der Waals surface area (Å²) < 4.78 is 5.45. The van der Waals surface area contributed by atoms with Crippen molar-refractivity contribution in [1.82, 2.24) is 0 Å². The summed E-state index contributed by atoms with van der Waals surface area (Å²) in [6.45, 7) is 4.18. The minimum Gasteiger partial charge on any atom is -0.491 e. The Morgan fingerprint density at radius 2 is 1.96 bits per heavy atom. The van der Waals surface area contributed by atoms with E-state index in [1.807, 2.05) is 74.5 Å². The van der Waals surface area contributed by atoms with Gasteiger partial charge in [-0.2, -0.15) is 0 Å². The molecule has 1 amide bonds. The second-order valence-electron chi connectivity index (χ2n) is 6.24. The fourth-order valence-corrected chi connectivity index (χ4v) is 3.71. The molecule has 0 aliphatic carbocycles. The maximum absolute atomic E-state index is 13.1. The van der Waals surface area contributed by atoms with Crippen molar-refractivity contribution < 1.29 is 14.6 Å². The van der Waals surface area contributed by atoms with Crippen LogP contribution in [0.1, 0.15) is 19.4 Å². The first-order valence-corrected chi connectivity index (χ1v) is 9.60.